The van der Waals surface area contributed by atoms with Crippen LogP contribution < -0.4 is 15.5 Å². The van der Waals surface area contributed by atoms with Crippen LogP contribution in [-0.4, -0.2) is 40.2 Å². The monoisotopic (exact) mass is 463 g/mol. The van der Waals surface area contributed by atoms with Crippen molar-refractivity contribution in [3.63, 3.8) is 0 Å². The minimum Gasteiger partial charge on any atom is -0.338 e. The molecule has 5 rings (SSSR count). The van der Waals surface area contributed by atoms with Gasteiger partial charge in [0.1, 0.15) is 5.50 Å². The number of amides is 1. The van der Waals surface area contributed by atoms with E-state index in [4.69, 9.17) is 0 Å². The highest BCUT2D eigenvalue weighted by Crippen LogP contribution is 2.44. The molecule has 2 fully saturated rings. The Labute approximate surface area is 197 Å². The first kappa shape index (κ1) is 21.9. The number of nitrogens with one attached hydrogen (secondary N) is 2. The van der Waals surface area contributed by atoms with E-state index in [1.165, 1.54) is 6.20 Å². The predicted octanol–water partition coefficient (Wildman–Crippen LogP) is 3.56. The molecule has 0 radical (unpaired) electrons. The molecular formula is C25H26FN5OS. The summed E-state index contributed by atoms with van der Waals surface area (Å²) in [5.74, 6) is 1.21. The van der Waals surface area contributed by atoms with Crippen LogP contribution in [0, 0.1) is 11.7 Å². The van der Waals surface area contributed by atoms with Crippen molar-refractivity contribution in [2.24, 2.45) is 5.92 Å². The first-order valence-corrected chi connectivity index (χ1v) is 12.2. The maximum absolute atomic E-state index is 14.0. The lowest BCUT2D eigenvalue weighted by Crippen LogP contribution is -2.61. The smallest absolute Gasteiger partial charge is 0.253 e. The fourth-order valence-electron chi connectivity index (χ4n) is 4.72. The number of halogens is 1. The van der Waals surface area contributed by atoms with Gasteiger partial charge in [0, 0.05) is 30.3 Å². The van der Waals surface area contributed by atoms with Crippen molar-refractivity contribution in [1.29, 1.82) is 0 Å². The minimum atomic E-state index is -0.384. The van der Waals surface area contributed by atoms with Gasteiger partial charge in [-0.2, -0.15) is 0 Å². The van der Waals surface area contributed by atoms with Gasteiger partial charge in [-0.1, -0.05) is 55.5 Å². The predicted molar refractivity (Wildman–Crippen MR) is 128 cm³/mol. The van der Waals surface area contributed by atoms with E-state index in [-0.39, 0.29) is 28.7 Å². The van der Waals surface area contributed by atoms with Gasteiger partial charge < -0.3 is 10.2 Å². The summed E-state index contributed by atoms with van der Waals surface area (Å²) >= 11 is 1.69. The number of aryl methyl sites for hydroxylation is 1. The molecule has 1 unspecified atom stereocenters. The lowest BCUT2D eigenvalue weighted by Gasteiger charge is -2.43. The van der Waals surface area contributed by atoms with Gasteiger partial charge in [0.05, 0.1) is 17.4 Å². The zero-order chi connectivity index (χ0) is 22.8. The van der Waals surface area contributed by atoms with E-state index in [0.29, 0.717) is 30.2 Å². The second kappa shape index (κ2) is 9.11. The van der Waals surface area contributed by atoms with E-state index >= 15 is 0 Å². The molecule has 3 aromatic rings. The van der Waals surface area contributed by atoms with Gasteiger partial charge in [0.15, 0.2) is 5.82 Å². The summed E-state index contributed by atoms with van der Waals surface area (Å²) < 4.78 is 14.0. The number of anilines is 1. The number of fused-ring (bicyclic) bond motifs is 1. The summed E-state index contributed by atoms with van der Waals surface area (Å²) in [6.45, 7) is 3.28. The molecule has 2 aliphatic heterocycles. The molecule has 0 aliphatic carbocycles. The molecule has 0 bridgehead atoms. The topological polar surface area (TPSA) is 70.2 Å². The normalized spacial score (nSPS) is 24.4. The Balaban J connectivity index is 1.43. The molecule has 0 saturated carbocycles. The maximum atomic E-state index is 14.0. The Kier molecular flexibility index (Phi) is 6.03. The Bertz CT molecular complexity index is 1130. The standard InChI is InChI=1S/C25H26FN5OS/c1-2-21-20(26)13-27-23(28-21)31-14-19-15-33-24(29-22(32)17-9-5-3-6-10-17)30-25(19,16-31)18-11-7-4-8-12-18/h3-13,19,24,30H,2,14-16H2,1H3,(H,29,32)/t19-,24?,25+/m0/s1. The SMILES string of the molecule is CCc1nc(N2C[C@H]3CSC(NC(=O)c4ccccc4)N[C@@]3(c3ccccc3)C2)ncc1F. The summed E-state index contributed by atoms with van der Waals surface area (Å²) in [7, 11) is 0. The average Bonchev–Trinajstić information content (AvgIpc) is 3.25. The number of benzene rings is 2. The van der Waals surface area contributed by atoms with Gasteiger partial charge in [-0.25, -0.2) is 14.4 Å². The zero-order valence-electron chi connectivity index (χ0n) is 18.4. The van der Waals surface area contributed by atoms with Gasteiger partial charge in [-0.15, -0.1) is 11.8 Å². The molecule has 2 N–H and O–H groups in total. The third kappa shape index (κ3) is 4.20. The Morgan fingerprint density at radius 1 is 1.21 bits per heavy atom. The van der Waals surface area contributed by atoms with Crippen LogP contribution in [-0.2, 0) is 12.0 Å². The molecule has 8 heteroatoms. The number of thioether (sulfide) groups is 1. The largest absolute Gasteiger partial charge is 0.338 e. The van der Waals surface area contributed by atoms with E-state index < -0.39 is 0 Å². The maximum Gasteiger partial charge on any atom is 0.253 e. The van der Waals surface area contributed by atoms with Crippen molar-refractivity contribution in [2.75, 3.05) is 23.7 Å². The number of hydrogen-bond donors (Lipinski definition) is 2. The molecule has 170 valence electrons. The van der Waals surface area contributed by atoms with E-state index in [1.54, 1.807) is 11.8 Å². The quantitative estimate of drug-likeness (QED) is 0.603. The van der Waals surface area contributed by atoms with Crippen LogP contribution in [0.5, 0.6) is 0 Å². The molecule has 33 heavy (non-hydrogen) atoms. The lowest BCUT2D eigenvalue weighted by molar-refractivity contribution is 0.0933. The number of rotatable bonds is 5. The fraction of sp³-hybridized carbons (Fsp3) is 0.320. The van der Waals surface area contributed by atoms with E-state index in [2.05, 4.69) is 37.6 Å². The molecule has 1 aromatic heterocycles. The van der Waals surface area contributed by atoms with Crippen LogP contribution in [0.3, 0.4) is 0 Å². The highest BCUT2D eigenvalue weighted by Gasteiger charge is 2.52. The molecule has 3 atom stereocenters. The third-order valence-corrected chi connectivity index (χ3v) is 7.60. The molecule has 3 heterocycles. The molecule has 6 nitrogen and oxygen atoms in total. The molecule has 2 aromatic carbocycles. The van der Waals surface area contributed by atoms with Crippen LogP contribution >= 0.6 is 11.8 Å². The Hall–Kier alpha value is -2.97. The van der Waals surface area contributed by atoms with Crippen molar-refractivity contribution in [3.8, 4) is 0 Å². The average molecular weight is 464 g/mol. The van der Waals surface area contributed by atoms with Gasteiger partial charge in [0.2, 0.25) is 5.95 Å². The molecule has 2 aliphatic rings. The van der Waals surface area contributed by atoms with Crippen LogP contribution in [0.15, 0.2) is 66.9 Å². The number of hydrogen-bond acceptors (Lipinski definition) is 6. The van der Waals surface area contributed by atoms with Crippen molar-refractivity contribution >= 4 is 23.6 Å². The Morgan fingerprint density at radius 2 is 1.94 bits per heavy atom. The Morgan fingerprint density at radius 3 is 2.67 bits per heavy atom. The second-order valence-electron chi connectivity index (χ2n) is 8.43. The van der Waals surface area contributed by atoms with Crippen LogP contribution in [0.4, 0.5) is 10.3 Å². The zero-order valence-corrected chi connectivity index (χ0v) is 19.2. The second-order valence-corrected chi connectivity index (χ2v) is 9.57. The first-order chi connectivity index (χ1) is 16.1. The van der Waals surface area contributed by atoms with E-state index in [0.717, 1.165) is 17.9 Å². The molecule has 0 spiro atoms. The van der Waals surface area contributed by atoms with Gasteiger partial charge in [-0.3, -0.25) is 10.1 Å². The van der Waals surface area contributed by atoms with Crippen LogP contribution in [0.2, 0.25) is 0 Å². The van der Waals surface area contributed by atoms with Crippen molar-refractivity contribution in [2.45, 2.75) is 24.4 Å². The lowest BCUT2D eigenvalue weighted by atomic mass is 9.81. The van der Waals surface area contributed by atoms with E-state index in [1.807, 2.05) is 55.5 Å². The number of aromatic nitrogens is 2. The van der Waals surface area contributed by atoms with E-state index in [9.17, 15) is 9.18 Å². The molecule has 1 amide bonds. The van der Waals surface area contributed by atoms with Crippen LogP contribution in [0.1, 0.15) is 28.5 Å². The minimum absolute atomic E-state index is 0.105. The highest BCUT2D eigenvalue weighted by atomic mass is 32.2. The van der Waals surface area contributed by atoms with Crippen molar-refractivity contribution in [1.82, 2.24) is 20.6 Å². The molecular weight excluding hydrogens is 437 g/mol. The number of carbonyl (C=O) groups is 1. The summed E-state index contributed by atoms with van der Waals surface area (Å²) in [4.78, 5) is 23.7. The summed E-state index contributed by atoms with van der Waals surface area (Å²) in [5, 5.41) is 6.88. The summed E-state index contributed by atoms with van der Waals surface area (Å²) in [6, 6.07) is 19.6. The van der Waals surface area contributed by atoms with Gasteiger partial charge in [-0.05, 0) is 24.1 Å². The first-order valence-electron chi connectivity index (χ1n) is 11.2. The van der Waals surface area contributed by atoms with Crippen molar-refractivity contribution in [3.05, 3.63) is 89.5 Å². The highest BCUT2D eigenvalue weighted by molar-refractivity contribution is 7.99. The number of nitrogens with zero attached hydrogens (tertiary/aromatic N) is 3. The van der Waals surface area contributed by atoms with Gasteiger partial charge >= 0.3 is 0 Å². The fourth-order valence-corrected chi connectivity index (χ4v) is 6.02. The summed E-state index contributed by atoms with van der Waals surface area (Å²) in [5.41, 5.74) is 1.60. The summed E-state index contributed by atoms with van der Waals surface area (Å²) in [6.07, 6.45) is 1.79. The molecule has 2 saturated heterocycles. The van der Waals surface area contributed by atoms with Gasteiger partial charge in [0.25, 0.3) is 5.91 Å². The number of carbonyl (C=O) groups excluding carboxylic acids is 1. The van der Waals surface area contributed by atoms with Crippen LogP contribution in [0.25, 0.3) is 0 Å². The third-order valence-electron chi connectivity index (χ3n) is 6.44. The van der Waals surface area contributed by atoms with Crippen molar-refractivity contribution < 1.29 is 9.18 Å².